The molecule has 0 heterocycles. The third-order valence-corrected chi connectivity index (χ3v) is 3.40. The highest BCUT2D eigenvalue weighted by atomic mass is 16.5. The van der Waals surface area contributed by atoms with E-state index in [1.54, 1.807) is 56.7 Å². The van der Waals surface area contributed by atoms with Gasteiger partial charge in [0.2, 0.25) is 0 Å². The third kappa shape index (κ3) is 5.24. The predicted molar refractivity (Wildman–Crippen MR) is 96.8 cm³/mol. The van der Waals surface area contributed by atoms with Crippen LogP contribution in [-0.2, 0) is 0 Å². The molecule has 0 spiro atoms. The molecule has 0 radical (unpaired) electrons. The highest BCUT2D eigenvalue weighted by Crippen LogP contribution is 2.23. The Labute approximate surface area is 147 Å². The van der Waals surface area contributed by atoms with Gasteiger partial charge in [0.15, 0.2) is 0 Å². The Morgan fingerprint density at radius 1 is 1.08 bits per heavy atom. The first-order chi connectivity index (χ1) is 12.2. The van der Waals surface area contributed by atoms with Crippen LogP contribution >= 0.6 is 0 Å². The van der Waals surface area contributed by atoms with Crippen molar-refractivity contribution in [1.29, 1.82) is 0 Å². The highest BCUT2D eigenvalue weighted by molar-refractivity contribution is 5.95. The Morgan fingerprint density at radius 3 is 2.44 bits per heavy atom. The fourth-order valence-electron chi connectivity index (χ4n) is 2.07. The van der Waals surface area contributed by atoms with E-state index in [4.69, 9.17) is 14.2 Å². The van der Waals surface area contributed by atoms with Crippen LogP contribution in [0.1, 0.15) is 29.3 Å². The zero-order chi connectivity index (χ0) is 18.1. The average molecular weight is 342 g/mol. The molecule has 2 aromatic carbocycles. The van der Waals surface area contributed by atoms with Crippen LogP contribution < -0.4 is 19.6 Å². The van der Waals surface area contributed by atoms with Crippen molar-refractivity contribution in [3.05, 3.63) is 53.6 Å². The van der Waals surface area contributed by atoms with Gasteiger partial charge in [0, 0.05) is 17.2 Å². The van der Waals surface area contributed by atoms with E-state index >= 15 is 0 Å². The van der Waals surface area contributed by atoms with Gasteiger partial charge in [-0.05, 0) is 42.8 Å². The summed E-state index contributed by atoms with van der Waals surface area (Å²) in [4.78, 5) is 12.1. The minimum atomic E-state index is -0.300. The van der Waals surface area contributed by atoms with Crippen molar-refractivity contribution in [3.8, 4) is 17.2 Å². The number of carbonyl (C=O) groups is 1. The van der Waals surface area contributed by atoms with Crippen molar-refractivity contribution in [1.82, 2.24) is 5.43 Å². The molecule has 2 aromatic rings. The van der Waals surface area contributed by atoms with Crippen LogP contribution in [-0.4, -0.2) is 32.9 Å². The van der Waals surface area contributed by atoms with Crippen LogP contribution in [0.2, 0.25) is 0 Å². The highest BCUT2D eigenvalue weighted by Gasteiger charge is 2.05. The van der Waals surface area contributed by atoms with Crippen molar-refractivity contribution in [2.45, 2.75) is 13.3 Å². The lowest BCUT2D eigenvalue weighted by atomic mass is 10.2. The maximum Gasteiger partial charge on any atom is 0.271 e. The maximum atomic E-state index is 12.1. The molecule has 0 fully saturated rings. The molecule has 0 aromatic heterocycles. The van der Waals surface area contributed by atoms with Gasteiger partial charge in [-0.15, -0.1) is 0 Å². The van der Waals surface area contributed by atoms with Crippen LogP contribution in [0.3, 0.4) is 0 Å². The molecule has 6 nitrogen and oxygen atoms in total. The molecule has 1 N–H and O–H groups in total. The van der Waals surface area contributed by atoms with Gasteiger partial charge >= 0.3 is 0 Å². The standard InChI is InChI=1S/C19H22N2O4/c1-4-11-25-16-8-5-14(6-9-16)19(22)21-20-13-15-7-10-17(23-2)12-18(15)24-3/h5-10,12-13H,4,11H2,1-3H3,(H,21,22)/b20-13-. The van der Waals surface area contributed by atoms with E-state index in [0.29, 0.717) is 23.7 Å². The Morgan fingerprint density at radius 2 is 1.80 bits per heavy atom. The molecular weight excluding hydrogens is 320 g/mol. The van der Waals surface area contributed by atoms with Gasteiger partial charge in [0.1, 0.15) is 17.2 Å². The lowest BCUT2D eigenvalue weighted by Crippen LogP contribution is -2.17. The summed E-state index contributed by atoms with van der Waals surface area (Å²) < 4.78 is 15.9. The SMILES string of the molecule is CCCOc1ccc(C(=O)N/N=C\c2ccc(OC)cc2OC)cc1. The van der Waals surface area contributed by atoms with Crippen LogP contribution in [0.5, 0.6) is 17.2 Å². The second-order valence-electron chi connectivity index (χ2n) is 5.18. The Bertz CT molecular complexity index is 727. The van der Waals surface area contributed by atoms with Crippen molar-refractivity contribution >= 4 is 12.1 Å². The molecule has 25 heavy (non-hydrogen) atoms. The maximum absolute atomic E-state index is 12.1. The lowest BCUT2D eigenvalue weighted by Gasteiger charge is -2.07. The summed E-state index contributed by atoms with van der Waals surface area (Å²) in [6.07, 6.45) is 2.46. The number of nitrogens with one attached hydrogen (secondary N) is 1. The molecule has 0 saturated heterocycles. The van der Waals surface area contributed by atoms with E-state index < -0.39 is 0 Å². The van der Waals surface area contributed by atoms with Gasteiger partial charge in [-0.1, -0.05) is 6.92 Å². The number of ether oxygens (including phenoxy) is 3. The first kappa shape index (κ1) is 18.3. The van der Waals surface area contributed by atoms with E-state index in [2.05, 4.69) is 10.5 Å². The summed E-state index contributed by atoms with van der Waals surface area (Å²) in [6.45, 7) is 2.69. The minimum absolute atomic E-state index is 0.300. The average Bonchev–Trinajstić information content (AvgIpc) is 2.66. The van der Waals surface area contributed by atoms with E-state index in [1.165, 1.54) is 6.21 Å². The number of hydrazone groups is 1. The molecule has 0 aliphatic carbocycles. The van der Waals surface area contributed by atoms with E-state index in [0.717, 1.165) is 17.7 Å². The zero-order valence-corrected chi connectivity index (χ0v) is 14.6. The monoisotopic (exact) mass is 342 g/mol. The van der Waals surface area contributed by atoms with Gasteiger partial charge in [-0.3, -0.25) is 4.79 Å². The van der Waals surface area contributed by atoms with Gasteiger partial charge in [0.25, 0.3) is 5.91 Å². The summed E-state index contributed by atoms with van der Waals surface area (Å²) in [5.74, 6) is 1.73. The molecular formula is C19H22N2O4. The number of nitrogens with zero attached hydrogens (tertiary/aromatic N) is 1. The molecule has 0 bridgehead atoms. The van der Waals surface area contributed by atoms with E-state index in [9.17, 15) is 4.79 Å². The number of methoxy groups -OCH3 is 2. The number of rotatable bonds is 8. The molecule has 0 atom stereocenters. The second-order valence-corrected chi connectivity index (χ2v) is 5.18. The number of hydrogen-bond acceptors (Lipinski definition) is 5. The first-order valence-corrected chi connectivity index (χ1v) is 7.96. The summed E-state index contributed by atoms with van der Waals surface area (Å²) in [5, 5.41) is 3.98. The molecule has 6 heteroatoms. The topological polar surface area (TPSA) is 69.2 Å². The summed E-state index contributed by atoms with van der Waals surface area (Å²) in [5.41, 5.74) is 3.72. The number of benzene rings is 2. The Hall–Kier alpha value is -3.02. The summed E-state index contributed by atoms with van der Waals surface area (Å²) >= 11 is 0. The third-order valence-electron chi connectivity index (χ3n) is 3.40. The molecule has 0 saturated carbocycles. The minimum Gasteiger partial charge on any atom is -0.497 e. The van der Waals surface area contributed by atoms with Crippen molar-refractivity contribution < 1.29 is 19.0 Å². The van der Waals surface area contributed by atoms with Gasteiger partial charge < -0.3 is 14.2 Å². The van der Waals surface area contributed by atoms with Gasteiger partial charge in [-0.25, -0.2) is 5.43 Å². The van der Waals surface area contributed by atoms with Crippen molar-refractivity contribution in [3.63, 3.8) is 0 Å². The lowest BCUT2D eigenvalue weighted by molar-refractivity contribution is 0.0955. The summed E-state index contributed by atoms with van der Waals surface area (Å²) in [7, 11) is 3.15. The number of carbonyl (C=O) groups excluding carboxylic acids is 1. The predicted octanol–water partition coefficient (Wildman–Crippen LogP) is 3.26. The quantitative estimate of drug-likeness (QED) is 0.590. The second kappa shape index (κ2) is 9.32. The normalized spacial score (nSPS) is 10.5. The number of hydrogen-bond donors (Lipinski definition) is 1. The molecule has 0 unspecified atom stereocenters. The molecule has 132 valence electrons. The smallest absolute Gasteiger partial charge is 0.271 e. The van der Waals surface area contributed by atoms with Crippen LogP contribution in [0.4, 0.5) is 0 Å². The van der Waals surface area contributed by atoms with Crippen molar-refractivity contribution in [2.75, 3.05) is 20.8 Å². The fourth-order valence-corrected chi connectivity index (χ4v) is 2.07. The van der Waals surface area contributed by atoms with Crippen LogP contribution in [0.15, 0.2) is 47.6 Å². The first-order valence-electron chi connectivity index (χ1n) is 7.96. The largest absolute Gasteiger partial charge is 0.497 e. The fraction of sp³-hybridized carbons (Fsp3) is 0.263. The van der Waals surface area contributed by atoms with Gasteiger partial charge in [-0.2, -0.15) is 5.10 Å². The van der Waals surface area contributed by atoms with E-state index in [-0.39, 0.29) is 5.91 Å². The van der Waals surface area contributed by atoms with Crippen molar-refractivity contribution in [2.24, 2.45) is 5.10 Å². The van der Waals surface area contributed by atoms with E-state index in [1.807, 2.05) is 6.92 Å². The summed E-state index contributed by atoms with van der Waals surface area (Å²) in [6, 6.07) is 12.3. The Kier molecular flexibility index (Phi) is 6.83. The molecule has 1 amide bonds. The molecule has 2 rings (SSSR count). The van der Waals surface area contributed by atoms with Crippen LogP contribution in [0, 0.1) is 0 Å². The zero-order valence-electron chi connectivity index (χ0n) is 14.6. The Balaban J connectivity index is 1.98. The van der Waals surface area contributed by atoms with Gasteiger partial charge in [0.05, 0.1) is 27.0 Å². The molecule has 0 aliphatic rings. The van der Waals surface area contributed by atoms with Crippen LogP contribution in [0.25, 0.3) is 0 Å². The molecule has 0 aliphatic heterocycles. The number of amides is 1.